The lowest BCUT2D eigenvalue weighted by atomic mass is 10.0. The van der Waals surface area contributed by atoms with Crippen LogP contribution in [-0.2, 0) is 9.53 Å². The summed E-state index contributed by atoms with van der Waals surface area (Å²) in [6.07, 6.45) is 6.61. The van der Waals surface area contributed by atoms with Crippen molar-refractivity contribution in [3.05, 3.63) is 0 Å². The number of hydrogen-bond acceptors (Lipinski definition) is 4. The van der Waals surface area contributed by atoms with E-state index in [1.165, 1.54) is 45.2 Å². The molecule has 1 aliphatic heterocycles. The number of rotatable bonds is 6. The first-order valence-electron chi connectivity index (χ1n) is 7.91. The van der Waals surface area contributed by atoms with E-state index in [-0.39, 0.29) is 12.0 Å². The van der Waals surface area contributed by atoms with Gasteiger partial charge in [0.2, 0.25) is 0 Å². The van der Waals surface area contributed by atoms with E-state index in [1.54, 1.807) is 0 Å². The number of nitrogens with zero attached hydrogens (tertiary/aromatic N) is 1. The van der Waals surface area contributed by atoms with E-state index in [0.717, 1.165) is 18.4 Å². The van der Waals surface area contributed by atoms with E-state index in [0.29, 0.717) is 12.6 Å². The van der Waals surface area contributed by atoms with Crippen molar-refractivity contribution in [2.75, 3.05) is 26.2 Å². The van der Waals surface area contributed by atoms with Gasteiger partial charge in [-0.2, -0.15) is 0 Å². The summed E-state index contributed by atoms with van der Waals surface area (Å²) < 4.78 is 5.21. The van der Waals surface area contributed by atoms with Gasteiger partial charge >= 0.3 is 5.97 Å². The van der Waals surface area contributed by atoms with Crippen LogP contribution in [0.1, 0.15) is 39.0 Å². The van der Waals surface area contributed by atoms with Crippen molar-refractivity contribution in [2.45, 2.75) is 51.1 Å². The number of carbonyl (C=O) groups excluding carboxylic acids is 1. The van der Waals surface area contributed by atoms with Crippen molar-refractivity contribution in [1.82, 2.24) is 10.2 Å². The van der Waals surface area contributed by atoms with E-state index < -0.39 is 0 Å². The topological polar surface area (TPSA) is 41.6 Å². The molecule has 1 saturated heterocycles. The Hall–Kier alpha value is -0.610. The molecule has 0 amide bonds. The maximum atomic E-state index is 12.0. The molecule has 3 atom stereocenters. The van der Waals surface area contributed by atoms with Crippen LogP contribution in [0.4, 0.5) is 0 Å². The Morgan fingerprint density at radius 1 is 1.26 bits per heavy atom. The lowest BCUT2D eigenvalue weighted by Crippen LogP contribution is -2.47. The average molecular weight is 266 g/mol. The number of likely N-dealkylation sites (tertiary alicyclic amines) is 1. The molecule has 1 N–H and O–H groups in total. The molecule has 0 radical (unpaired) electrons. The minimum atomic E-state index is -0.119. The van der Waals surface area contributed by atoms with Gasteiger partial charge in [-0.1, -0.05) is 6.42 Å². The third-order valence-electron chi connectivity index (χ3n) is 4.83. The number of carbonyl (C=O) groups is 1. The Labute approximate surface area is 115 Å². The SMILES string of the molecule is CCOC(=O)C(CN1CC2CCCC2C1)NC1CC1. The number of ether oxygens (including phenoxy) is 1. The summed E-state index contributed by atoms with van der Waals surface area (Å²) in [6.45, 7) is 5.57. The molecule has 4 heteroatoms. The van der Waals surface area contributed by atoms with Crippen molar-refractivity contribution < 1.29 is 9.53 Å². The van der Waals surface area contributed by atoms with Crippen LogP contribution >= 0.6 is 0 Å². The Morgan fingerprint density at radius 3 is 2.53 bits per heavy atom. The Bertz CT molecular complexity index is 318. The number of esters is 1. The van der Waals surface area contributed by atoms with E-state index in [2.05, 4.69) is 10.2 Å². The Kier molecular flexibility index (Phi) is 4.08. The van der Waals surface area contributed by atoms with E-state index in [1.807, 2.05) is 6.92 Å². The maximum absolute atomic E-state index is 12.0. The number of fused-ring (bicyclic) bond motifs is 1. The third-order valence-corrected chi connectivity index (χ3v) is 4.83. The first kappa shape index (κ1) is 13.4. The van der Waals surface area contributed by atoms with E-state index >= 15 is 0 Å². The molecule has 4 nitrogen and oxygen atoms in total. The van der Waals surface area contributed by atoms with Gasteiger partial charge in [-0.25, -0.2) is 0 Å². The van der Waals surface area contributed by atoms with Gasteiger partial charge in [-0.3, -0.25) is 4.79 Å². The van der Waals surface area contributed by atoms with E-state index in [4.69, 9.17) is 4.74 Å². The van der Waals surface area contributed by atoms with Crippen LogP contribution in [0, 0.1) is 11.8 Å². The second-order valence-electron chi connectivity index (χ2n) is 6.42. The largest absolute Gasteiger partial charge is 0.465 e. The van der Waals surface area contributed by atoms with Crippen LogP contribution in [0.5, 0.6) is 0 Å². The summed E-state index contributed by atoms with van der Waals surface area (Å²) in [4.78, 5) is 14.5. The lowest BCUT2D eigenvalue weighted by Gasteiger charge is -2.24. The standard InChI is InChI=1S/C15H26N2O2/c1-2-19-15(18)14(16-13-6-7-13)10-17-8-11-4-3-5-12(11)9-17/h11-14,16H,2-10H2,1H3. The fraction of sp³-hybridized carbons (Fsp3) is 0.933. The van der Waals surface area contributed by atoms with Gasteiger partial charge < -0.3 is 15.0 Å². The molecule has 3 fully saturated rings. The predicted molar refractivity (Wildman–Crippen MR) is 73.8 cm³/mol. The normalized spacial score (nSPS) is 32.3. The average Bonchev–Trinajstić information content (AvgIpc) is 2.94. The highest BCUT2D eigenvalue weighted by Crippen LogP contribution is 2.37. The van der Waals surface area contributed by atoms with E-state index in [9.17, 15) is 4.79 Å². The Morgan fingerprint density at radius 2 is 1.95 bits per heavy atom. The summed E-state index contributed by atoms with van der Waals surface area (Å²) in [7, 11) is 0. The Balaban J connectivity index is 1.53. The van der Waals surface area contributed by atoms with Gasteiger partial charge in [0, 0.05) is 25.7 Å². The quantitative estimate of drug-likeness (QED) is 0.738. The molecular weight excluding hydrogens is 240 g/mol. The summed E-state index contributed by atoms with van der Waals surface area (Å²) in [5.41, 5.74) is 0. The molecule has 1 heterocycles. The highest BCUT2D eigenvalue weighted by Gasteiger charge is 2.38. The summed E-state index contributed by atoms with van der Waals surface area (Å²) >= 11 is 0. The third kappa shape index (κ3) is 3.29. The summed E-state index contributed by atoms with van der Waals surface area (Å²) in [6, 6.07) is 0.433. The monoisotopic (exact) mass is 266 g/mol. The van der Waals surface area contributed by atoms with Crippen molar-refractivity contribution in [3.8, 4) is 0 Å². The van der Waals surface area contributed by atoms with Crippen LogP contribution in [0.3, 0.4) is 0 Å². The first-order chi connectivity index (χ1) is 9.26. The second-order valence-corrected chi connectivity index (χ2v) is 6.42. The molecule has 19 heavy (non-hydrogen) atoms. The van der Waals surface area contributed by atoms with Gasteiger partial charge in [-0.15, -0.1) is 0 Å². The van der Waals surface area contributed by atoms with Crippen LogP contribution in [0.2, 0.25) is 0 Å². The predicted octanol–water partition coefficient (Wildman–Crippen LogP) is 1.40. The molecule has 0 bridgehead atoms. The molecule has 2 aliphatic carbocycles. The maximum Gasteiger partial charge on any atom is 0.324 e. The van der Waals surface area contributed by atoms with Gasteiger partial charge in [0.05, 0.1) is 6.61 Å². The molecule has 108 valence electrons. The molecular formula is C15H26N2O2. The molecule has 0 spiro atoms. The number of nitrogens with one attached hydrogen (secondary N) is 1. The fourth-order valence-electron chi connectivity index (χ4n) is 3.71. The van der Waals surface area contributed by atoms with Crippen LogP contribution in [0.25, 0.3) is 0 Å². The molecule has 3 unspecified atom stereocenters. The summed E-state index contributed by atoms with van der Waals surface area (Å²) in [5.74, 6) is 1.72. The van der Waals surface area contributed by atoms with Crippen LogP contribution in [0.15, 0.2) is 0 Å². The second kappa shape index (κ2) is 5.80. The van der Waals surface area contributed by atoms with Gasteiger partial charge in [0.15, 0.2) is 0 Å². The minimum Gasteiger partial charge on any atom is -0.465 e. The number of hydrogen-bond donors (Lipinski definition) is 1. The molecule has 2 saturated carbocycles. The first-order valence-corrected chi connectivity index (χ1v) is 7.91. The van der Waals surface area contributed by atoms with Crippen molar-refractivity contribution >= 4 is 5.97 Å². The zero-order valence-electron chi connectivity index (χ0n) is 11.9. The zero-order valence-corrected chi connectivity index (χ0v) is 11.9. The van der Waals surface area contributed by atoms with Gasteiger partial charge in [0.25, 0.3) is 0 Å². The van der Waals surface area contributed by atoms with Crippen molar-refractivity contribution in [2.24, 2.45) is 11.8 Å². The van der Waals surface area contributed by atoms with Crippen molar-refractivity contribution in [3.63, 3.8) is 0 Å². The highest BCUT2D eigenvalue weighted by atomic mass is 16.5. The molecule has 3 aliphatic rings. The lowest BCUT2D eigenvalue weighted by molar-refractivity contribution is -0.146. The van der Waals surface area contributed by atoms with Gasteiger partial charge in [0.1, 0.15) is 6.04 Å². The zero-order chi connectivity index (χ0) is 13.2. The summed E-state index contributed by atoms with van der Waals surface area (Å²) in [5, 5.41) is 3.45. The molecule has 3 rings (SSSR count). The minimum absolute atomic E-state index is 0.0635. The van der Waals surface area contributed by atoms with Crippen LogP contribution < -0.4 is 5.32 Å². The molecule has 0 aromatic heterocycles. The smallest absolute Gasteiger partial charge is 0.324 e. The molecule has 0 aromatic carbocycles. The molecule has 0 aromatic rings. The van der Waals surface area contributed by atoms with Gasteiger partial charge in [-0.05, 0) is 44.4 Å². The van der Waals surface area contributed by atoms with Crippen LogP contribution in [-0.4, -0.2) is 49.2 Å². The highest BCUT2D eigenvalue weighted by molar-refractivity contribution is 5.76. The van der Waals surface area contributed by atoms with Crippen molar-refractivity contribution in [1.29, 1.82) is 0 Å². The fourth-order valence-corrected chi connectivity index (χ4v) is 3.71.